The first-order chi connectivity index (χ1) is 13.5. The van der Waals surface area contributed by atoms with Gasteiger partial charge >= 0.3 is 5.97 Å². The van der Waals surface area contributed by atoms with Crippen LogP contribution in [0.5, 0.6) is 5.75 Å². The SMILES string of the molecule is COc1cc(N)c(C=[NH2+])cc1Nc1ncnc2sc3c(c12)CC[C@@H](C(=O)O)C3. The van der Waals surface area contributed by atoms with E-state index in [4.69, 9.17) is 15.9 Å². The van der Waals surface area contributed by atoms with E-state index in [2.05, 4.69) is 15.3 Å². The van der Waals surface area contributed by atoms with Gasteiger partial charge in [-0.1, -0.05) is 0 Å². The minimum absolute atomic E-state index is 0.343. The van der Waals surface area contributed by atoms with E-state index >= 15 is 0 Å². The second-order valence-electron chi connectivity index (χ2n) is 6.66. The van der Waals surface area contributed by atoms with E-state index in [0.29, 0.717) is 47.8 Å². The second-order valence-corrected chi connectivity index (χ2v) is 7.74. The van der Waals surface area contributed by atoms with Crippen LogP contribution in [-0.4, -0.2) is 34.4 Å². The number of hydrogen-bond donors (Lipinski definition) is 4. The number of anilines is 3. The number of aryl methyl sites for hydroxylation is 1. The quantitative estimate of drug-likeness (QED) is 0.377. The molecular weight excluding hydrogens is 378 g/mol. The van der Waals surface area contributed by atoms with Crippen molar-refractivity contribution in [1.29, 1.82) is 0 Å². The van der Waals surface area contributed by atoms with Crippen molar-refractivity contribution in [3.05, 3.63) is 34.5 Å². The topological polar surface area (TPSA) is 136 Å². The standard InChI is InChI=1S/C19H19N5O3S/c1-27-14-6-12(21)10(7-20)4-13(14)24-17-16-11-3-2-9(19(25)26)5-15(11)28-18(16)23-8-22-17/h4,6-9,20H,2-3,5,21H2,1H3,(H,25,26)(H,22,23,24)/p+1/t9-/m1/s1. The van der Waals surface area contributed by atoms with Crippen LogP contribution in [0, 0.1) is 5.92 Å². The van der Waals surface area contributed by atoms with Crippen LogP contribution in [0.25, 0.3) is 10.2 Å². The third-order valence-electron chi connectivity index (χ3n) is 5.03. The zero-order valence-corrected chi connectivity index (χ0v) is 16.0. The zero-order chi connectivity index (χ0) is 19.8. The molecule has 0 fully saturated rings. The molecule has 6 N–H and O–H groups in total. The number of hydrogen-bond acceptors (Lipinski definition) is 7. The van der Waals surface area contributed by atoms with Gasteiger partial charge in [0.15, 0.2) is 6.21 Å². The number of nitrogen functional groups attached to an aromatic ring is 1. The fraction of sp³-hybridized carbons (Fsp3) is 0.263. The van der Waals surface area contributed by atoms with Gasteiger partial charge in [0.2, 0.25) is 0 Å². The van der Waals surface area contributed by atoms with Crippen molar-refractivity contribution in [2.24, 2.45) is 5.92 Å². The van der Waals surface area contributed by atoms with Gasteiger partial charge in [0.25, 0.3) is 0 Å². The Hall–Kier alpha value is -3.20. The molecule has 1 aromatic carbocycles. The molecule has 144 valence electrons. The smallest absolute Gasteiger partial charge is 0.306 e. The summed E-state index contributed by atoms with van der Waals surface area (Å²) in [7, 11) is 1.57. The molecule has 0 amide bonds. The molecule has 8 nitrogen and oxygen atoms in total. The van der Waals surface area contributed by atoms with E-state index in [0.717, 1.165) is 20.7 Å². The van der Waals surface area contributed by atoms with Gasteiger partial charge in [-0.05, 0) is 30.9 Å². The van der Waals surface area contributed by atoms with Crippen molar-refractivity contribution >= 4 is 50.9 Å². The summed E-state index contributed by atoms with van der Waals surface area (Å²) in [6.07, 6.45) is 4.77. The maximum atomic E-state index is 11.4. The van der Waals surface area contributed by atoms with Crippen LogP contribution in [0.2, 0.25) is 0 Å². The van der Waals surface area contributed by atoms with Gasteiger partial charge in [0, 0.05) is 16.6 Å². The Bertz CT molecular complexity index is 1090. The van der Waals surface area contributed by atoms with Gasteiger partial charge in [-0.3, -0.25) is 10.2 Å². The number of benzene rings is 1. The molecule has 1 aliphatic carbocycles. The van der Waals surface area contributed by atoms with Crippen molar-refractivity contribution in [2.45, 2.75) is 19.3 Å². The molecule has 0 spiro atoms. The molecule has 9 heteroatoms. The molecule has 3 aromatic rings. The highest BCUT2D eigenvalue weighted by atomic mass is 32.1. The largest absolute Gasteiger partial charge is 0.494 e. The highest BCUT2D eigenvalue weighted by Crippen LogP contribution is 2.41. The number of carbonyl (C=O) groups is 1. The number of nitrogens with two attached hydrogens (primary N) is 2. The molecule has 0 bridgehead atoms. The van der Waals surface area contributed by atoms with Crippen LogP contribution in [0.1, 0.15) is 22.4 Å². The van der Waals surface area contributed by atoms with E-state index in [1.54, 1.807) is 19.2 Å². The molecule has 4 rings (SSSR count). The highest BCUT2D eigenvalue weighted by molar-refractivity contribution is 7.19. The number of fused-ring (bicyclic) bond motifs is 3. The molecular formula is C19H20N5O3S+. The van der Waals surface area contributed by atoms with Gasteiger partial charge in [0.05, 0.1) is 29.7 Å². The first kappa shape index (κ1) is 18.2. The molecule has 1 aliphatic rings. The first-order valence-electron chi connectivity index (χ1n) is 8.79. The van der Waals surface area contributed by atoms with Gasteiger partial charge in [-0.2, -0.15) is 0 Å². The average Bonchev–Trinajstić information content (AvgIpc) is 3.07. The molecule has 0 saturated carbocycles. The van der Waals surface area contributed by atoms with Crippen LogP contribution < -0.4 is 21.2 Å². The van der Waals surface area contributed by atoms with Crippen LogP contribution in [-0.2, 0) is 17.6 Å². The summed E-state index contributed by atoms with van der Waals surface area (Å²) >= 11 is 1.53. The zero-order valence-electron chi connectivity index (χ0n) is 15.2. The number of carboxylic acid groups (broad SMARTS) is 1. The van der Waals surface area contributed by atoms with E-state index in [-0.39, 0.29) is 5.92 Å². The summed E-state index contributed by atoms with van der Waals surface area (Å²) < 4.78 is 5.44. The number of aliphatic carboxylic acids is 1. The van der Waals surface area contributed by atoms with Gasteiger partial charge in [-0.25, -0.2) is 9.97 Å². The van der Waals surface area contributed by atoms with Crippen molar-refractivity contribution in [3.8, 4) is 5.75 Å². The third kappa shape index (κ3) is 3.03. The molecule has 0 saturated heterocycles. The minimum atomic E-state index is -0.746. The van der Waals surface area contributed by atoms with Crippen molar-refractivity contribution in [3.63, 3.8) is 0 Å². The number of methoxy groups -OCH3 is 1. The number of thiophene rings is 1. The number of ether oxygens (including phenoxy) is 1. The Morgan fingerprint density at radius 3 is 3.00 bits per heavy atom. The van der Waals surface area contributed by atoms with Crippen LogP contribution >= 0.6 is 11.3 Å². The summed E-state index contributed by atoms with van der Waals surface area (Å²) in [5.41, 5.74) is 9.00. The number of nitrogens with zero attached hydrogens (tertiary/aromatic N) is 2. The Balaban J connectivity index is 1.79. The second kappa shape index (κ2) is 7.08. The molecule has 28 heavy (non-hydrogen) atoms. The molecule has 1 atom stereocenters. The van der Waals surface area contributed by atoms with Crippen LogP contribution in [0.15, 0.2) is 18.5 Å². The lowest BCUT2D eigenvalue weighted by Crippen LogP contribution is -2.30. The number of aromatic nitrogens is 2. The third-order valence-corrected chi connectivity index (χ3v) is 6.19. The molecule has 2 aromatic heterocycles. The van der Waals surface area contributed by atoms with E-state index < -0.39 is 5.97 Å². The summed E-state index contributed by atoms with van der Waals surface area (Å²) in [6, 6.07) is 3.52. The van der Waals surface area contributed by atoms with Gasteiger partial charge < -0.3 is 20.9 Å². The fourth-order valence-electron chi connectivity index (χ4n) is 3.57. The number of carboxylic acids is 1. The van der Waals surface area contributed by atoms with Crippen LogP contribution in [0.4, 0.5) is 17.2 Å². The Morgan fingerprint density at radius 2 is 2.29 bits per heavy atom. The Morgan fingerprint density at radius 1 is 1.46 bits per heavy atom. The van der Waals surface area contributed by atoms with Crippen molar-refractivity contribution in [2.75, 3.05) is 18.2 Å². The lowest BCUT2D eigenvalue weighted by Gasteiger charge is -2.19. The normalized spacial score (nSPS) is 15.8. The predicted molar refractivity (Wildman–Crippen MR) is 108 cm³/mol. The minimum Gasteiger partial charge on any atom is -0.494 e. The summed E-state index contributed by atoms with van der Waals surface area (Å²) in [4.78, 5) is 22.1. The van der Waals surface area contributed by atoms with Gasteiger partial charge in [0.1, 0.15) is 22.7 Å². The molecule has 2 heterocycles. The lowest BCUT2D eigenvalue weighted by atomic mass is 9.88. The average molecular weight is 398 g/mol. The number of rotatable bonds is 5. The molecule has 0 unspecified atom stereocenters. The number of nitrogens with one attached hydrogen (secondary N) is 1. The maximum absolute atomic E-state index is 11.4. The monoisotopic (exact) mass is 398 g/mol. The van der Waals surface area contributed by atoms with E-state index in [1.165, 1.54) is 23.9 Å². The lowest BCUT2D eigenvalue weighted by molar-refractivity contribution is -0.142. The fourth-order valence-corrected chi connectivity index (χ4v) is 4.83. The Labute approximate surface area is 164 Å². The summed E-state index contributed by atoms with van der Waals surface area (Å²) in [5.74, 6) is 0.140. The Kier molecular flexibility index (Phi) is 4.60. The van der Waals surface area contributed by atoms with Gasteiger partial charge in [-0.15, -0.1) is 11.3 Å². The van der Waals surface area contributed by atoms with E-state index in [9.17, 15) is 9.90 Å². The predicted octanol–water partition coefficient (Wildman–Crippen LogP) is 1.39. The van der Waals surface area contributed by atoms with Crippen LogP contribution in [0.3, 0.4) is 0 Å². The molecule has 0 radical (unpaired) electrons. The highest BCUT2D eigenvalue weighted by Gasteiger charge is 2.29. The van der Waals surface area contributed by atoms with Crippen molar-refractivity contribution < 1.29 is 20.0 Å². The maximum Gasteiger partial charge on any atom is 0.306 e. The van der Waals surface area contributed by atoms with Crippen molar-refractivity contribution in [1.82, 2.24) is 9.97 Å². The summed E-state index contributed by atoms with van der Waals surface area (Å²) in [6.45, 7) is 0. The van der Waals surface area contributed by atoms with E-state index in [1.807, 2.05) is 0 Å². The summed E-state index contributed by atoms with van der Waals surface area (Å²) in [5, 5.41) is 19.3. The first-order valence-corrected chi connectivity index (χ1v) is 9.61. The molecule has 0 aliphatic heterocycles.